The first-order valence-electron chi connectivity index (χ1n) is 7.96. The van der Waals surface area contributed by atoms with Gasteiger partial charge in [0.05, 0.1) is 12.0 Å². The number of benzene rings is 1. The van der Waals surface area contributed by atoms with Gasteiger partial charge < -0.3 is 14.1 Å². The number of carbonyl (C=O) groups is 1. The first-order valence-corrected chi connectivity index (χ1v) is 7.96. The van der Waals surface area contributed by atoms with E-state index in [1.807, 2.05) is 6.07 Å². The zero-order valence-electron chi connectivity index (χ0n) is 12.9. The van der Waals surface area contributed by atoms with Gasteiger partial charge in [-0.1, -0.05) is 0 Å². The molecule has 2 heterocycles. The summed E-state index contributed by atoms with van der Waals surface area (Å²) in [6.45, 7) is 1.96. The van der Waals surface area contributed by atoms with Gasteiger partial charge in [-0.05, 0) is 50.3 Å². The highest BCUT2D eigenvalue weighted by Crippen LogP contribution is 2.33. The topological polar surface area (TPSA) is 72.3 Å². The Kier molecular flexibility index (Phi) is 3.22. The van der Waals surface area contributed by atoms with Crippen LogP contribution in [0, 0.1) is 0 Å². The molecule has 0 unspecified atom stereocenters. The Morgan fingerprint density at radius 3 is 2.91 bits per heavy atom. The summed E-state index contributed by atoms with van der Waals surface area (Å²) in [5.41, 5.74) is 3.62. The van der Waals surface area contributed by atoms with Gasteiger partial charge in [-0.15, -0.1) is 0 Å². The standard InChI is InChI=1S/C18H17NO4/c1-2-22-18(21)15-9-13(20)17-14(23-15)8-7-12-16(17)10-5-3-4-6-11(10)19-12/h7-9,19H,2-6H2,1H3. The lowest BCUT2D eigenvalue weighted by atomic mass is 9.94. The summed E-state index contributed by atoms with van der Waals surface area (Å²) < 4.78 is 10.6. The number of aromatic nitrogens is 1. The van der Waals surface area contributed by atoms with Crippen molar-refractivity contribution in [3.63, 3.8) is 0 Å². The molecular weight excluding hydrogens is 294 g/mol. The van der Waals surface area contributed by atoms with Crippen molar-refractivity contribution in [3.8, 4) is 0 Å². The minimum atomic E-state index is -0.609. The molecule has 0 fully saturated rings. The van der Waals surface area contributed by atoms with E-state index in [1.54, 1.807) is 13.0 Å². The van der Waals surface area contributed by atoms with E-state index in [0.717, 1.165) is 30.2 Å². The highest BCUT2D eigenvalue weighted by Gasteiger charge is 2.21. The van der Waals surface area contributed by atoms with E-state index in [4.69, 9.17) is 9.15 Å². The Labute approximate surface area is 132 Å². The number of fused-ring (bicyclic) bond motifs is 5. The Balaban J connectivity index is 2.01. The largest absolute Gasteiger partial charge is 0.460 e. The number of esters is 1. The summed E-state index contributed by atoms with van der Waals surface area (Å²) in [7, 11) is 0. The molecule has 1 aliphatic carbocycles. The number of hydrogen-bond acceptors (Lipinski definition) is 4. The van der Waals surface area contributed by atoms with E-state index < -0.39 is 5.97 Å². The summed E-state index contributed by atoms with van der Waals surface area (Å²) in [6, 6.07) is 4.89. The molecule has 0 bridgehead atoms. The minimum absolute atomic E-state index is 0.0481. The molecule has 1 aromatic carbocycles. The van der Waals surface area contributed by atoms with Crippen LogP contribution >= 0.6 is 0 Å². The van der Waals surface area contributed by atoms with Gasteiger partial charge in [0.25, 0.3) is 0 Å². The Bertz CT molecular complexity index is 980. The van der Waals surface area contributed by atoms with Crippen LogP contribution in [0.25, 0.3) is 21.9 Å². The molecule has 0 radical (unpaired) electrons. The van der Waals surface area contributed by atoms with Gasteiger partial charge in [0.1, 0.15) is 5.58 Å². The third-order valence-corrected chi connectivity index (χ3v) is 4.43. The van der Waals surface area contributed by atoms with E-state index in [1.165, 1.54) is 23.7 Å². The van der Waals surface area contributed by atoms with E-state index in [9.17, 15) is 9.59 Å². The zero-order valence-corrected chi connectivity index (χ0v) is 12.9. The van der Waals surface area contributed by atoms with Gasteiger partial charge in [0, 0.05) is 22.7 Å². The summed E-state index contributed by atoms with van der Waals surface area (Å²) in [6.07, 6.45) is 4.27. The van der Waals surface area contributed by atoms with Crippen LogP contribution in [0.15, 0.2) is 27.4 Å². The van der Waals surface area contributed by atoms with Gasteiger partial charge in [0.15, 0.2) is 5.43 Å². The van der Waals surface area contributed by atoms with Crippen molar-refractivity contribution in [2.24, 2.45) is 0 Å². The minimum Gasteiger partial charge on any atom is -0.460 e. The molecule has 0 amide bonds. The number of hydrogen-bond donors (Lipinski definition) is 1. The first-order chi connectivity index (χ1) is 11.2. The predicted molar refractivity (Wildman–Crippen MR) is 86.9 cm³/mol. The number of rotatable bonds is 2. The van der Waals surface area contributed by atoms with Gasteiger partial charge in [-0.25, -0.2) is 4.79 Å². The number of aromatic amines is 1. The maximum Gasteiger partial charge on any atom is 0.374 e. The van der Waals surface area contributed by atoms with Crippen LogP contribution < -0.4 is 5.43 Å². The highest BCUT2D eigenvalue weighted by atomic mass is 16.5. The zero-order chi connectivity index (χ0) is 16.0. The van der Waals surface area contributed by atoms with E-state index in [0.29, 0.717) is 11.0 Å². The fraction of sp³-hybridized carbons (Fsp3) is 0.333. The number of carbonyl (C=O) groups excluding carboxylic acids is 1. The first kappa shape index (κ1) is 14.1. The fourth-order valence-electron chi connectivity index (χ4n) is 3.45. The Hall–Kier alpha value is -2.56. The number of H-pyrrole nitrogens is 1. The van der Waals surface area contributed by atoms with Crippen LogP contribution in [-0.4, -0.2) is 17.6 Å². The van der Waals surface area contributed by atoms with Crippen molar-refractivity contribution in [2.45, 2.75) is 32.6 Å². The van der Waals surface area contributed by atoms with E-state index >= 15 is 0 Å². The second kappa shape index (κ2) is 5.26. The molecule has 2 aromatic heterocycles. The fourth-order valence-corrected chi connectivity index (χ4v) is 3.45. The molecule has 1 N–H and O–H groups in total. The van der Waals surface area contributed by atoms with Crippen molar-refractivity contribution in [2.75, 3.05) is 6.61 Å². The monoisotopic (exact) mass is 311 g/mol. The van der Waals surface area contributed by atoms with E-state index in [2.05, 4.69) is 4.98 Å². The molecule has 5 heteroatoms. The third kappa shape index (κ3) is 2.15. The van der Waals surface area contributed by atoms with Crippen LogP contribution in [0.5, 0.6) is 0 Å². The van der Waals surface area contributed by atoms with Crippen molar-refractivity contribution in [3.05, 3.63) is 45.4 Å². The van der Waals surface area contributed by atoms with Crippen LogP contribution in [0.3, 0.4) is 0 Å². The molecule has 3 aromatic rings. The molecule has 0 spiro atoms. The molecule has 23 heavy (non-hydrogen) atoms. The van der Waals surface area contributed by atoms with Crippen LogP contribution in [0.4, 0.5) is 0 Å². The Morgan fingerprint density at radius 2 is 2.09 bits per heavy atom. The number of ether oxygens (including phenoxy) is 1. The quantitative estimate of drug-likeness (QED) is 0.737. The molecule has 0 atom stereocenters. The lowest BCUT2D eigenvalue weighted by Crippen LogP contribution is -2.10. The van der Waals surface area contributed by atoms with Gasteiger partial charge in [0.2, 0.25) is 5.76 Å². The smallest absolute Gasteiger partial charge is 0.374 e. The Morgan fingerprint density at radius 1 is 1.26 bits per heavy atom. The van der Waals surface area contributed by atoms with Crippen molar-refractivity contribution in [1.82, 2.24) is 4.98 Å². The molecule has 4 rings (SSSR count). The maximum absolute atomic E-state index is 12.6. The highest BCUT2D eigenvalue weighted by molar-refractivity contribution is 6.07. The van der Waals surface area contributed by atoms with Crippen LogP contribution in [-0.2, 0) is 17.6 Å². The van der Waals surface area contributed by atoms with Gasteiger partial charge in [-0.3, -0.25) is 4.79 Å². The average molecular weight is 311 g/mol. The van der Waals surface area contributed by atoms with Crippen molar-refractivity contribution in [1.29, 1.82) is 0 Å². The normalized spacial score (nSPS) is 14.1. The number of aryl methyl sites for hydroxylation is 2. The van der Waals surface area contributed by atoms with Crippen molar-refractivity contribution < 1.29 is 13.9 Å². The van der Waals surface area contributed by atoms with Gasteiger partial charge in [-0.2, -0.15) is 0 Å². The molecule has 118 valence electrons. The van der Waals surface area contributed by atoms with Gasteiger partial charge >= 0.3 is 5.97 Å². The summed E-state index contributed by atoms with van der Waals surface area (Å²) >= 11 is 0. The lowest BCUT2D eigenvalue weighted by Gasteiger charge is -2.11. The molecule has 0 saturated heterocycles. The molecular formula is C18H17NO4. The van der Waals surface area contributed by atoms with Crippen molar-refractivity contribution >= 4 is 27.8 Å². The average Bonchev–Trinajstić information content (AvgIpc) is 2.93. The number of nitrogens with one attached hydrogen (secondary N) is 1. The third-order valence-electron chi connectivity index (χ3n) is 4.43. The predicted octanol–water partition coefficient (Wildman–Crippen LogP) is 3.33. The lowest BCUT2D eigenvalue weighted by molar-refractivity contribution is 0.0490. The second-order valence-electron chi connectivity index (χ2n) is 5.85. The summed E-state index contributed by atoms with van der Waals surface area (Å²) in [4.78, 5) is 27.9. The van der Waals surface area contributed by atoms with Crippen LogP contribution in [0.1, 0.15) is 41.6 Å². The summed E-state index contributed by atoms with van der Waals surface area (Å²) in [5, 5.41) is 1.50. The maximum atomic E-state index is 12.6. The molecule has 1 aliphatic rings. The molecule has 5 nitrogen and oxygen atoms in total. The molecule has 0 aliphatic heterocycles. The SMILES string of the molecule is CCOC(=O)c1cc(=O)c2c(ccc3[nH]c4c(c32)CCCC4)o1. The van der Waals surface area contributed by atoms with E-state index in [-0.39, 0.29) is 17.8 Å². The second-order valence-corrected chi connectivity index (χ2v) is 5.85. The van der Waals surface area contributed by atoms with Crippen LogP contribution in [0.2, 0.25) is 0 Å². The summed E-state index contributed by atoms with van der Waals surface area (Å²) in [5.74, 6) is -0.657. The molecule has 0 saturated carbocycles.